The average Bonchev–Trinajstić information content (AvgIpc) is 3.10. The minimum atomic E-state index is -3.88. The number of rotatable bonds is 15. The number of nitrogen functional groups attached to an aromatic ring is 1. The molecular weight excluding hydrogens is 662 g/mol. The molecule has 5 N–H and O–H groups in total. The lowest BCUT2D eigenvalue weighted by Gasteiger charge is -2.38. The summed E-state index contributed by atoms with van der Waals surface area (Å²) in [5.74, 6) is -0.305. The van der Waals surface area contributed by atoms with Crippen LogP contribution < -0.4 is 25.8 Å². The molecule has 50 heavy (non-hydrogen) atoms. The molecule has 4 rings (SSSR count). The van der Waals surface area contributed by atoms with Crippen LogP contribution in [0.5, 0.6) is 11.5 Å². The normalized spacial score (nSPS) is 16.8. The van der Waals surface area contributed by atoms with Gasteiger partial charge in [0.1, 0.15) is 17.6 Å². The number of aliphatic hydroxyl groups is 1. The van der Waals surface area contributed by atoms with E-state index in [9.17, 15) is 27.9 Å². The maximum atomic E-state index is 13.8. The molecule has 0 spiro atoms. The van der Waals surface area contributed by atoms with E-state index in [1.165, 1.54) is 36.7 Å². The molecule has 13 nitrogen and oxygen atoms in total. The van der Waals surface area contributed by atoms with Gasteiger partial charge in [0.25, 0.3) is 5.91 Å². The fourth-order valence-electron chi connectivity index (χ4n) is 5.59. The SMILES string of the molecule is COc1ccc(S(=O)(=O)N(C)C[C@@H]2Oc3ccc(NC(=O)CCCCCC(=O)Nc4ccccc4N)cc3C(=O)N([C@H](C)CO)C[C@H]2C)cc1. The van der Waals surface area contributed by atoms with Crippen LogP contribution in [0.2, 0.25) is 0 Å². The molecule has 0 saturated heterocycles. The zero-order chi connectivity index (χ0) is 36.4. The summed E-state index contributed by atoms with van der Waals surface area (Å²) >= 11 is 0. The Kier molecular flexibility index (Phi) is 13.2. The molecule has 0 bridgehead atoms. The predicted octanol–water partition coefficient (Wildman–Crippen LogP) is 4.35. The molecule has 14 heteroatoms. The number of para-hydroxylation sites is 2. The number of likely N-dealkylation sites (N-methyl/N-ethyl adjacent to an activating group) is 1. The number of anilines is 3. The average molecular weight is 710 g/mol. The number of ether oxygens (including phenoxy) is 2. The number of hydrogen-bond acceptors (Lipinski definition) is 9. The number of unbranched alkanes of at least 4 members (excludes halogenated alkanes) is 2. The number of amides is 3. The summed E-state index contributed by atoms with van der Waals surface area (Å²) in [7, 11) is -0.899. The van der Waals surface area contributed by atoms with E-state index < -0.39 is 22.2 Å². The Morgan fingerprint density at radius 1 is 1.04 bits per heavy atom. The number of carbonyl (C=O) groups excluding carboxylic acids is 3. The van der Waals surface area contributed by atoms with Gasteiger partial charge < -0.3 is 35.8 Å². The first-order valence-electron chi connectivity index (χ1n) is 16.6. The minimum Gasteiger partial charge on any atom is -0.497 e. The maximum Gasteiger partial charge on any atom is 0.258 e. The summed E-state index contributed by atoms with van der Waals surface area (Å²) in [6.07, 6.45) is 1.70. The summed E-state index contributed by atoms with van der Waals surface area (Å²) in [5.41, 5.74) is 7.52. The van der Waals surface area contributed by atoms with Crippen LogP contribution in [0.1, 0.15) is 56.3 Å². The highest BCUT2D eigenvalue weighted by atomic mass is 32.2. The van der Waals surface area contributed by atoms with Crippen LogP contribution in [-0.2, 0) is 19.6 Å². The van der Waals surface area contributed by atoms with Crippen molar-refractivity contribution in [2.24, 2.45) is 5.92 Å². The van der Waals surface area contributed by atoms with Crippen molar-refractivity contribution in [1.82, 2.24) is 9.21 Å². The number of nitrogens with zero attached hydrogens (tertiary/aromatic N) is 2. The van der Waals surface area contributed by atoms with Crippen LogP contribution in [-0.4, -0.2) is 86.5 Å². The van der Waals surface area contributed by atoms with Crippen molar-refractivity contribution in [2.75, 3.05) is 50.2 Å². The van der Waals surface area contributed by atoms with Crippen molar-refractivity contribution in [3.05, 3.63) is 72.3 Å². The predicted molar refractivity (Wildman–Crippen MR) is 192 cm³/mol. The topological polar surface area (TPSA) is 181 Å². The van der Waals surface area contributed by atoms with Crippen molar-refractivity contribution < 1.29 is 37.4 Å². The van der Waals surface area contributed by atoms with Gasteiger partial charge in [-0.1, -0.05) is 25.5 Å². The van der Waals surface area contributed by atoms with E-state index in [2.05, 4.69) is 10.6 Å². The standard InChI is InChI=1S/C36H47N5O8S/c1-24-21-41(25(2)23-42)36(45)29-20-26(38-34(43)12-6-5-7-13-35(44)39-31-11-9-8-10-30(31)37)14-19-32(29)49-33(24)22-40(3)50(46,47)28-17-15-27(48-4)16-18-28/h8-11,14-20,24-25,33,42H,5-7,12-13,21-23,37H2,1-4H3,(H,38,43)(H,39,44)/t24-,25-,33+/m1/s1. The Balaban J connectivity index is 1.41. The molecule has 3 aromatic rings. The summed E-state index contributed by atoms with van der Waals surface area (Å²) in [6.45, 7) is 3.52. The molecular formula is C36H47N5O8S. The third-order valence-electron chi connectivity index (χ3n) is 8.70. The molecule has 3 amide bonds. The first kappa shape index (κ1) is 38.1. The Bertz CT molecular complexity index is 1750. The van der Waals surface area contributed by atoms with E-state index in [0.717, 1.165) is 0 Å². The molecule has 270 valence electrons. The van der Waals surface area contributed by atoms with Crippen molar-refractivity contribution >= 4 is 44.8 Å². The zero-order valence-electron chi connectivity index (χ0n) is 28.9. The van der Waals surface area contributed by atoms with Gasteiger partial charge in [-0.15, -0.1) is 0 Å². The highest BCUT2D eigenvalue weighted by Crippen LogP contribution is 2.31. The van der Waals surface area contributed by atoms with E-state index in [4.69, 9.17) is 15.2 Å². The minimum absolute atomic E-state index is 0.00896. The second-order valence-electron chi connectivity index (χ2n) is 12.5. The lowest BCUT2D eigenvalue weighted by atomic mass is 9.99. The fraction of sp³-hybridized carbons (Fsp3) is 0.417. The van der Waals surface area contributed by atoms with Gasteiger partial charge in [-0.25, -0.2) is 8.42 Å². The van der Waals surface area contributed by atoms with Gasteiger partial charge in [-0.2, -0.15) is 4.31 Å². The van der Waals surface area contributed by atoms with E-state index in [1.807, 2.05) is 6.92 Å². The first-order valence-corrected chi connectivity index (χ1v) is 18.0. The number of benzene rings is 3. The Labute approximate surface area is 293 Å². The van der Waals surface area contributed by atoms with Crippen LogP contribution in [0.3, 0.4) is 0 Å². The second-order valence-corrected chi connectivity index (χ2v) is 14.6. The Morgan fingerprint density at radius 2 is 1.70 bits per heavy atom. The molecule has 1 aliphatic heterocycles. The van der Waals surface area contributed by atoms with E-state index in [1.54, 1.807) is 60.4 Å². The van der Waals surface area contributed by atoms with Crippen LogP contribution in [0.15, 0.2) is 71.6 Å². The lowest BCUT2D eigenvalue weighted by molar-refractivity contribution is -0.116. The number of nitrogens with one attached hydrogen (secondary N) is 2. The van der Waals surface area contributed by atoms with Crippen LogP contribution in [0, 0.1) is 5.92 Å². The number of aliphatic hydroxyl groups excluding tert-OH is 1. The van der Waals surface area contributed by atoms with Gasteiger partial charge in [0.15, 0.2) is 0 Å². The molecule has 0 aromatic heterocycles. The van der Waals surface area contributed by atoms with Crippen LogP contribution in [0.25, 0.3) is 0 Å². The quantitative estimate of drug-likeness (QED) is 0.132. The monoisotopic (exact) mass is 709 g/mol. The molecule has 1 heterocycles. The smallest absolute Gasteiger partial charge is 0.258 e. The van der Waals surface area contributed by atoms with E-state index in [-0.39, 0.29) is 66.0 Å². The van der Waals surface area contributed by atoms with E-state index >= 15 is 0 Å². The van der Waals surface area contributed by atoms with Gasteiger partial charge >= 0.3 is 0 Å². The number of fused-ring (bicyclic) bond motifs is 1. The first-order chi connectivity index (χ1) is 23.8. The van der Waals surface area contributed by atoms with Crippen LogP contribution in [0.4, 0.5) is 17.1 Å². The van der Waals surface area contributed by atoms with Crippen molar-refractivity contribution in [1.29, 1.82) is 0 Å². The molecule has 3 aromatic carbocycles. The molecule has 0 aliphatic carbocycles. The maximum absolute atomic E-state index is 13.8. The van der Waals surface area contributed by atoms with Crippen molar-refractivity contribution in [2.45, 2.75) is 63.0 Å². The lowest BCUT2D eigenvalue weighted by Crippen LogP contribution is -2.50. The zero-order valence-corrected chi connectivity index (χ0v) is 29.7. The number of hydrogen-bond donors (Lipinski definition) is 4. The summed E-state index contributed by atoms with van der Waals surface area (Å²) in [4.78, 5) is 40.5. The Hall–Kier alpha value is -4.66. The van der Waals surface area contributed by atoms with Gasteiger partial charge in [-0.05, 0) is 74.4 Å². The summed E-state index contributed by atoms with van der Waals surface area (Å²) in [6, 6.07) is 17.4. The Morgan fingerprint density at radius 3 is 2.34 bits per heavy atom. The molecule has 0 saturated carbocycles. The molecule has 1 aliphatic rings. The number of sulfonamides is 1. The summed E-state index contributed by atoms with van der Waals surface area (Å²) < 4.78 is 39.6. The second kappa shape index (κ2) is 17.3. The van der Waals surface area contributed by atoms with Gasteiger partial charge in [0.2, 0.25) is 21.8 Å². The number of nitrogens with two attached hydrogens (primary N) is 1. The summed E-state index contributed by atoms with van der Waals surface area (Å²) in [5, 5.41) is 15.6. The third-order valence-corrected chi connectivity index (χ3v) is 10.5. The number of carbonyl (C=O) groups is 3. The highest BCUT2D eigenvalue weighted by molar-refractivity contribution is 7.89. The third kappa shape index (κ3) is 9.73. The fourth-order valence-corrected chi connectivity index (χ4v) is 6.78. The largest absolute Gasteiger partial charge is 0.497 e. The van der Waals surface area contributed by atoms with Gasteiger partial charge in [0.05, 0.1) is 48.1 Å². The molecule has 0 fully saturated rings. The number of methoxy groups -OCH3 is 1. The molecule has 3 atom stereocenters. The van der Waals surface area contributed by atoms with Gasteiger partial charge in [0, 0.05) is 38.0 Å². The van der Waals surface area contributed by atoms with E-state index in [0.29, 0.717) is 48.5 Å². The molecule has 0 unspecified atom stereocenters. The van der Waals surface area contributed by atoms with Crippen LogP contribution >= 0.6 is 0 Å². The van der Waals surface area contributed by atoms with Crippen molar-refractivity contribution in [3.63, 3.8) is 0 Å². The van der Waals surface area contributed by atoms with Gasteiger partial charge in [-0.3, -0.25) is 14.4 Å². The highest BCUT2D eigenvalue weighted by Gasteiger charge is 2.35. The molecule has 0 radical (unpaired) electrons. The van der Waals surface area contributed by atoms with Crippen molar-refractivity contribution in [3.8, 4) is 11.5 Å².